The molecule has 1 aliphatic carbocycles. The number of carbonyl (C=O) groups excluding carboxylic acids is 2. The molecule has 1 saturated carbocycles. The first kappa shape index (κ1) is 20.2. The number of hydrogen-bond donors (Lipinski definition) is 1. The maximum absolute atomic E-state index is 12.9. The van der Waals surface area contributed by atoms with E-state index in [9.17, 15) is 9.59 Å². The van der Waals surface area contributed by atoms with Crippen molar-refractivity contribution in [3.05, 3.63) is 35.0 Å². The zero-order valence-electron chi connectivity index (χ0n) is 18.1. The number of aryl methyl sites for hydroxylation is 1. The van der Waals surface area contributed by atoms with Crippen LogP contribution in [0, 0.1) is 12.8 Å². The van der Waals surface area contributed by atoms with Crippen molar-refractivity contribution >= 4 is 17.6 Å². The maximum Gasteiger partial charge on any atom is 0.271 e. The van der Waals surface area contributed by atoms with Crippen molar-refractivity contribution in [2.24, 2.45) is 5.92 Å². The molecule has 0 bridgehead atoms. The van der Waals surface area contributed by atoms with Crippen molar-refractivity contribution < 1.29 is 9.59 Å². The summed E-state index contributed by atoms with van der Waals surface area (Å²) in [4.78, 5) is 39.1. The van der Waals surface area contributed by atoms with E-state index in [-0.39, 0.29) is 17.7 Å². The Bertz CT molecular complexity index is 967. The fourth-order valence-corrected chi connectivity index (χ4v) is 5.30. The van der Waals surface area contributed by atoms with Crippen LogP contribution >= 0.6 is 0 Å². The zero-order valence-corrected chi connectivity index (χ0v) is 18.1. The van der Waals surface area contributed by atoms with Crippen molar-refractivity contribution in [3.8, 4) is 0 Å². The van der Waals surface area contributed by atoms with Crippen LogP contribution in [-0.2, 0) is 11.2 Å². The molecule has 8 nitrogen and oxygen atoms in total. The molecule has 1 N–H and O–H groups in total. The Morgan fingerprint density at radius 2 is 2.00 bits per heavy atom. The molecular formula is C23H30N6O2. The van der Waals surface area contributed by atoms with Gasteiger partial charge in [-0.05, 0) is 44.6 Å². The number of rotatable bonds is 4. The minimum absolute atomic E-state index is 0.0382. The third-order valence-electron chi connectivity index (χ3n) is 7.09. The summed E-state index contributed by atoms with van der Waals surface area (Å²) in [5, 5.41) is 6.63. The van der Waals surface area contributed by atoms with E-state index in [2.05, 4.69) is 10.2 Å². The van der Waals surface area contributed by atoms with Gasteiger partial charge in [0, 0.05) is 49.4 Å². The topological polar surface area (TPSA) is 95.1 Å². The molecule has 2 aromatic heterocycles. The van der Waals surface area contributed by atoms with Gasteiger partial charge in [-0.1, -0.05) is 19.3 Å². The van der Waals surface area contributed by atoms with Crippen molar-refractivity contribution in [2.45, 2.75) is 64.2 Å². The van der Waals surface area contributed by atoms with Crippen molar-refractivity contribution in [1.82, 2.24) is 25.1 Å². The average Bonchev–Trinajstić information content (AvgIpc) is 3.48. The number of carbonyl (C=O) groups is 2. The van der Waals surface area contributed by atoms with E-state index in [1.807, 2.05) is 16.7 Å². The van der Waals surface area contributed by atoms with Gasteiger partial charge < -0.3 is 4.90 Å². The summed E-state index contributed by atoms with van der Waals surface area (Å²) >= 11 is 0. The summed E-state index contributed by atoms with van der Waals surface area (Å²) in [7, 11) is 0. The van der Waals surface area contributed by atoms with Crippen LogP contribution in [0.4, 0.5) is 5.82 Å². The minimum atomic E-state index is -0.0382. The third kappa shape index (κ3) is 3.95. The molecule has 0 radical (unpaired) electrons. The fourth-order valence-electron chi connectivity index (χ4n) is 5.30. The van der Waals surface area contributed by atoms with E-state index in [1.165, 1.54) is 32.1 Å². The number of H-pyrrole nitrogens is 1. The normalized spacial score (nSPS) is 22.1. The van der Waals surface area contributed by atoms with Gasteiger partial charge in [-0.3, -0.25) is 19.6 Å². The van der Waals surface area contributed by atoms with Gasteiger partial charge in [-0.25, -0.2) is 9.97 Å². The van der Waals surface area contributed by atoms with Crippen LogP contribution in [0.5, 0.6) is 0 Å². The smallest absolute Gasteiger partial charge is 0.271 e. The van der Waals surface area contributed by atoms with Crippen molar-refractivity contribution in [3.63, 3.8) is 0 Å². The van der Waals surface area contributed by atoms with Crippen molar-refractivity contribution in [2.75, 3.05) is 24.5 Å². The molecule has 2 amide bonds. The lowest BCUT2D eigenvalue weighted by atomic mass is 9.88. The number of nitrogens with zero attached hydrogens (tertiary/aromatic N) is 5. The first-order chi connectivity index (χ1) is 15.1. The highest BCUT2D eigenvalue weighted by molar-refractivity contribution is 5.95. The van der Waals surface area contributed by atoms with Crippen LogP contribution in [0.2, 0.25) is 0 Å². The molecule has 2 aliphatic heterocycles. The highest BCUT2D eigenvalue weighted by Gasteiger charge is 2.34. The van der Waals surface area contributed by atoms with E-state index >= 15 is 0 Å². The van der Waals surface area contributed by atoms with Crippen molar-refractivity contribution in [1.29, 1.82) is 0 Å². The first-order valence-corrected chi connectivity index (χ1v) is 11.6. The van der Waals surface area contributed by atoms with Crippen LogP contribution in [0.1, 0.15) is 78.4 Å². The molecule has 1 atom stereocenters. The van der Waals surface area contributed by atoms with Gasteiger partial charge in [0.2, 0.25) is 5.91 Å². The van der Waals surface area contributed by atoms with Gasteiger partial charge in [0.1, 0.15) is 17.3 Å². The van der Waals surface area contributed by atoms with Crippen LogP contribution in [0.25, 0.3) is 0 Å². The summed E-state index contributed by atoms with van der Waals surface area (Å²) < 4.78 is 0. The fraction of sp³-hybridized carbons (Fsp3) is 0.609. The number of aromatic nitrogens is 4. The van der Waals surface area contributed by atoms with Gasteiger partial charge >= 0.3 is 0 Å². The minimum Gasteiger partial charge on any atom is -0.337 e. The number of likely N-dealkylation sites (tertiary alicyclic amines) is 1. The number of hydrogen-bond acceptors (Lipinski definition) is 5. The number of amides is 2. The molecule has 1 saturated heterocycles. The van der Waals surface area contributed by atoms with Gasteiger partial charge in [-0.2, -0.15) is 5.10 Å². The molecule has 164 valence electrons. The van der Waals surface area contributed by atoms with Crippen LogP contribution in [0.3, 0.4) is 0 Å². The molecule has 2 fully saturated rings. The Kier molecular flexibility index (Phi) is 5.46. The summed E-state index contributed by atoms with van der Waals surface area (Å²) in [6.45, 7) is 4.07. The van der Waals surface area contributed by atoms with Gasteiger partial charge in [0.15, 0.2) is 0 Å². The molecule has 2 aromatic rings. The Hall–Kier alpha value is -2.77. The highest BCUT2D eigenvalue weighted by atomic mass is 16.2. The lowest BCUT2D eigenvalue weighted by Gasteiger charge is -2.33. The maximum atomic E-state index is 12.9. The third-order valence-corrected chi connectivity index (χ3v) is 7.09. The Morgan fingerprint density at radius 3 is 2.77 bits per heavy atom. The quantitative estimate of drug-likeness (QED) is 0.817. The molecule has 31 heavy (non-hydrogen) atoms. The Morgan fingerprint density at radius 1 is 1.16 bits per heavy atom. The predicted octanol–water partition coefficient (Wildman–Crippen LogP) is 3.00. The van der Waals surface area contributed by atoms with Crippen LogP contribution < -0.4 is 4.90 Å². The Balaban J connectivity index is 1.38. The summed E-state index contributed by atoms with van der Waals surface area (Å²) in [5.74, 6) is 2.39. The first-order valence-electron chi connectivity index (χ1n) is 11.6. The molecule has 4 heterocycles. The molecule has 5 rings (SSSR count). The number of aromatic amines is 1. The molecule has 8 heteroatoms. The van der Waals surface area contributed by atoms with Crippen LogP contribution in [-0.4, -0.2) is 56.5 Å². The molecule has 0 spiro atoms. The summed E-state index contributed by atoms with van der Waals surface area (Å²) in [6.07, 6.45) is 9.90. The predicted molar refractivity (Wildman–Crippen MR) is 116 cm³/mol. The average molecular weight is 423 g/mol. The van der Waals surface area contributed by atoms with Gasteiger partial charge in [-0.15, -0.1) is 0 Å². The van der Waals surface area contributed by atoms with E-state index < -0.39 is 0 Å². The molecule has 1 unspecified atom stereocenters. The van der Waals surface area contributed by atoms with Crippen LogP contribution in [0.15, 0.2) is 12.3 Å². The number of fused-ring (bicyclic) bond motifs is 1. The van der Waals surface area contributed by atoms with E-state index in [0.29, 0.717) is 31.1 Å². The largest absolute Gasteiger partial charge is 0.337 e. The van der Waals surface area contributed by atoms with Gasteiger partial charge in [0.25, 0.3) is 5.91 Å². The Labute approximate surface area is 182 Å². The number of nitrogens with one attached hydrogen (secondary N) is 1. The SMILES string of the molecule is Cc1nc(C2CCN(C(=O)c3ccn[nH]3)C2)nc2c1CCC(=O)N2CC1CCCCC1. The second-order valence-electron chi connectivity index (χ2n) is 9.18. The summed E-state index contributed by atoms with van der Waals surface area (Å²) in [6, 6.07) is 1.70. The second kappa shape index (κ2) is 8.40. The zero-order chi connectivity index (χ0) is 21.4. The molecule has 0 aromatic carbocycles. The molecule has 3 aliphatic rings. The van der Waals surface area contributed by atoms with E-state index in [4.69, 9.17) is 9.97 Å². The van der Waals surface area contributed by atoms with E-state index in [1.54, 1.807) is 12.3 Å². The second-order valence-corrected chi connectivity index (χ2v) is 9.18. The van der Waals surface area contributed by atoms with Gasteiger partial charge in [0.05, 0.1) is 0 Å². The summed E-state index contributed by atoms with van der Waals surface area (Å²) in [5.41, 5.74) is 2.59. The molecular weight excluding hydrogens is 392 g/mol. The van der Waals surface area contributed by atoms with E-state index in [0.717, 1.165) is 42.3 Å². The highest BCUT2D eigenvalue weighted by Crippen LogP contribution is 2.34. The number of anilines is 1. The standard InChI is InChI=1S/C23H30N6O2/c1-15-18-7-8-20(30)29(13-16-5-3-2-4-6-16)22(18)26-21(25-15)17-10-12-28(14-17)23(31)19-9-11-24-27-19/h9,11,16-17H,2-8,10,12-14H2,1H3,(H,24,27). The monoisotopic (exact) mass is 422 g/mol. The lowest BCUT2D eigenvalue weighted by Crippen LogP contribution is -2.40. The lowest BCUT2D eigenvalue weighted by molar-refractivity contribution is -0.119.